The molecular formula is C43H39ClN4O7S. The number of phenols is 2. The zero-order chi connectivity index (χ0) is 39.4. The maximum Gasteiger partial charge on any atom is 0.242 e. The molecule has 286 valence electrons. The van der Waals surface area contributed by atoms with Crippen LogP contribution in [0.15, 0.2) is 78.4 Å². The molecule has 2 aliphatic carbocycles. The molecule has 3 fully saturated rings. The van der Waals surface area contributed by atoms with Gasteiger partial charge in [-0.05, 0) is 104 Å². The van der Waals surface area contributed by atoms with Crippen LogP contribution < -0.4 is 9.64 Å². The Morgan fingerprint density at radius 3 is 2.48 bits per heavy atom. The van der Waals surface area contributed by atoms with Crippen LogP contribution in [0.3, 0.4) is 0 Å². The van der Waals surface area contributed by atoms with Crippen LogP contribution in [0.2, 0.25) is 5.02 Å². The molecule has 0 bridgehead atoms. The Kier molecular flexibility index (Phi) is 8.44. The molecular weight excluding hydrogens is 752 g/mol. The fourth-order valence-corrected chi connectivity index (χ4v) is 11.2. The van der Waals surface area contributed by atoms with Crippen molar-refractivity contribution in [1.29, 1.82) is 0 Å². The van der Waals surface area contributed by atoms with Crippen LogP contribution in [0.25, 0.3) is 20.7 Å². The summed E-state index contributed by atoms with van der Waals surface area (Å²) in [7, 11) is 3.22. The number of phenolic OH excluding ortho intramolecular Hbond substituents is 2. The maximum atomic E-state index is 15.1. The highest BCUT2D eigenvalue weighted by atomic mass is 35.5. The third kappa shape index (κ3) is 5.25. The van der Waals surface area contributed by atoms with Crippen molar-refractivity contribution in [2.24, 2.45) is 36.1 Å². The van der Waals surface area contributed by atoms with Crippen LogP contribution in [0.4, 0.5) is 5.82 Å². The van der Waals surface area contributed by atoms with Crippen molar-refractivity contribution in [3.05, 3.63) is 100 Å². The number of carbonyl (C=O) groups is 4. The highest BCUT2D eigenvalue weighted by Crippen LogP contribution is 2.64. The average Bonchev–Trinajstić information content (AvgIpc) is 3.85. The SMILES string of the molecule is COc1ccc(O)c([C@H]2C3=CC[C@@H]4C(=O)N(CCc5ccc(O)cc5)C(=O)[C@@H]4[C@@H]3C[C@H]3C(=O)N(c4cc(-c5sc6ccc(Cl)cc6c5C)nn4C)C(=O)[C@@]23C)c1. The van der Waals surface area contributed by atoms with Gasteiger partial charge in [0.2, 0.25) is 23.6 Å². The first-order valence-corrected chi connectivity index (χ1v) is 19.8. The fourth-order valence-electron chi connectivity index (χ4n) is 9.87. The van der Waals surface area contributed by atoms with Gasteiger partial charge in [-0.2, -0.15) is 5.10 Å². The number of rotatable bonds is 7. The van der Waals surface area contributed by atoms with E-state index in [4.69, 9.17) is 21.4 Å². The number of hydrogen-bond acceptors (Lipinski definition) is 9. The monoisotopic (exact) mass is 790 g/mol. The number of aryl methyl sites for hydroxylation is 2. The summed E-state index contributed by atoms with van der Waals surface area (Å²) < 4.78 is 8.16. The molecule has 3 aromatic carbocycles. The second-order valence-corrected chi connectivity index (χ2v) is 17.0. The lowest BCUT2D eigenvalue weighted by atomic mass is 9.51. The lowest BCUT2D eigenvalue weighted by molar-refractivity contribution is -0.140. The summed E-state index contributed by atoms with van der Waals surface area (Å²) in [6, 6.07) is 19.0. The Balaban J connectivity index is 1.12. The fraction of sp³-hybridized carbons (Fsp3) is 0.326. The van der Waals surface area contributed by atoms with Crippen molar-refractivity contribution < 1.29 is 34.1 Å². The van der Waals surface area contributed by atoms with Gasteiger partial charge in [-0.15, -0.1) is 11.3 Å². The standard InChI is InChI=1S/C43H39ClN4O7S/c1-21-28-17-23(44)7-14-34(28)56-38(21)32-20-35(46(3)45-32)48-40(52)31-19-29-26(37(43(31,2)42(48)54)30-18-25(55-4)10-13-33(30)50)11-12-27-36(29)41(53)47(39(27)51)16-15-22-5-8-24(49)9-6-22/h5-11,13-14,17-18,20,27,29,31,36-37,49-50H,12,15-16,19H2,1-4H3/t27-,29+,31-,36-,37+,43+/m0/s1. The van der Waals surface area contributed by atoms with E-state index in [1.807, 2.05) is 31.2 Å². The highest BCUT2D eigenvalue weighted by Gasteiger charge is 2.68. The number of hydrogen-bond donors (Lipinski definition) is 2. The molecule has 0 spiro atoms. The molecule has 4 heterocycles. The van der Waals surface area contributed by atoms with Crippen molar-refractivity contribution in [1.82, 2.24) is 14.7 Å². The Labute approximate surface area is 331 Å². The number of anilines is 1. The third-order valence-electron chi connectivity index (χ3n) is 12.7. The van der Waals surface area contributed by atoms with E-state index in [9.17, 15) is 24.6 Å². The summed E-state index contributed by atoms with van der Waals surface area (Å²) in [5.41, 5.74) is 2.29. The predicted molar refractivity (Wildman–Crippen MR) is 212 cm³/mol. The first-order chi connectivity index (χ1) is 26.8. The van der Waals surface area contributed by atoms with Crippen molar-refractivity contribution in [2.45, 2.75) is 39.0 Å². The van der Waals surface area contributed by atoms with Gasteiger partial charge in [-0.25, -0.2) is 4.90 Å². The maximum absolute atomic E-state index is 15.1. The van der Waals surface area contributed by atoms with Crippen LogP contribution in [0.5, 0.6) is 17.2 Å². The average molecular weight is 791 g/mol. The largest absolute Gasteiger partial charge is 0.508 e. The predicted octanol–water partition coefficient (Wildman–Crippen LogP) is 7.16. The topological polar surface area (TPSA) is 142 Å². The number of thiophene rings is 1. The lowest BCUT2D eigenvalue weighted by Gasteiger charge is -2.49. The Morgan fingerprint density at radius 2 is 1.73 bits per heavy atom. The first kappa shape index (κ1) is 36.2. The summed E-state index contributed by atoms with van der Waals surface area (Å²) in [5.74, 6) is -4.11. The zero-order valence-electron chi connectivity index (χ0n) is 31.2. The number of benzene rings is 3. The molecule has 9 rings (SSSR count). The van der Waals surface area contributed by atoms with Gasteiger partial charge < -0.3 is 14.9 Å². The van der Waals surface area contributed by atoms with Crippen molar-refractivity contribution in [3.8, 4) is 27.8 Å². The number of carbonyl (C=O) groups excluding carboxylic acids is 4. The highest BCUT2D eigenvalue weighted by molar-refractivity contribution is 7.22. The zero-order valence-corrected chi connectivity index (χ0v) is 32.7. The first-order valence-electron chi connectivity index (χ1n) is 18.6. The molecule has 2 N–H and O–H groups in total. The summed E-state index contributed by atoms with van der Waals surface area (Å²) >= 11 is 7.88. The minimum Gasteiger partial charge on any atom is -0.508 e. The van der Waals surface area contributed by atoms with Gasteiger partial charge in [0.1, 0.15) is 28.8 Å². The van der Waals surface area contributed by atoms with Gasteiger partial charge in [0.05, 0.1) is 35.2 Å². The van der Waals surface area contributed by atoms with Crippen LogP contribution in [-0.2, 0) is 32.6 Å². The van der Waals surface area contributed by atoms with E-state index < -0.39 is 46.8 Å². The number of ether oxygens (including phenoxy) is 1. The van der Waals surface area contributed by atoms with E-state index >= 15 is 4.79 Å². The molecule has 4 aliphatic rings. The quantitative estimate of drug-likeness (QED) is 0.131. The molecule has 5 aromatic rings. The Morgan fingerprint density at radius 1 is 0.964 bits per heavy atom. The number of nitrogens with zero attached hydrogens (tertiary/aromatic N) is 4. The van der Waals surface area contributed by atoms with Gasteiger partial charge in [-0.3, -0.25) is 28.8 Å². The molecule has 2 aromatic heterocycles. The van der Waals surface area contributed by atoms with E-state index in [1.165, 1.54) is 23.0 Å². The number of allylic oxidation sites excluding steroid dienone is 2. The number of halogens is 1. The smallest absolute Gasteiger partial charge is 0.242 e. The summed E-state index contributed by atoms with van der Waals surface area (Å²) in [6.07, 6.45) is 2.85. The minimum atomic E-state index is -1.37. The van der Waals surface area contributed by atoms with E-state index in [0.29, 0.717) is 34.3 Å². The summed E-state index contributed by atoms with van der Waals surface area (Å²) in [6.45, 7) is 3.96. The molecule has 56 heavy (non-hydrogen) atoms. The molecule has 0 unspecified atom stereocenters. The van der Waals surface area contributed by atoms with Crippen molar-refractivity contribution in [3.63, 3.8) is 0 Å². The number of fused-ring (bicyclic) bond motifs is 5. The number of methoxy groups -OCH3 is 1. The lowest BCUT2D eigenvalue weighted by Crippen LogP contribution is -2.49. The summed E-state index contributed by atoms with van der Waals surface area (Å²) in [4.78, 5) is 61.8. The van der Waals surface area contributed by atoms with Crippen molar-refractivity contribution in [2.75, 3.05) is 18.6 Å². The van der Waals surface area contributed by atoms with E-state index in [1.54, 1.807) is 72.5 Å². The molecule has 2 aliphatic heterocycles. The second kappa shape index (κ2) is 13.1. The molecule has 4 amide bonds. The molecule has 6 atom stereocenters. The molecule has 1 saturated carbocycles. The minimum absolute atomic E-state index is 0.0642. The van der Waals surface area contributed by atoms with Gasteiger partial charge in [-0.1, -0.05) is 35.4 Å². The van der Waals surface area contributed by atoms with Crippen LogP contribution in [-0.4, -0.2) is 62.2 Å². The molecule has 0 radical (unpaired) electrons. The number of likely N-dealkylation sites (tertiary alicyclic amines) is 1. The van der Waals surface area contributed by atoms with Crippen LogP contribution in [0, 0.1) is 36.0 Å². The van der Waals surface area contributed by atoms with Gasteiger partial charge in [0.15, 0.2) is 0 Å². The van der Waals surface area contributed by atoms with E-state index in [0.717, 1.165) is 31.7 Å². The van der Waals surface area contributed by atoms with Gasteiger partial charge >= 0.3 is 0 Å². The van der Waals surface area contributed by atoms with Crippen LogP contribution >= 0.6 is 22.9 Å². The molecule has 13 heteroatoms. The third-order valence-corrected chi connectivity index (χ3v) is 14.2. The normalized spacial score (nSPS) is 25.8. The number of aromatic nitrogens is 2. The number of imide groups is 2. The van der Waals surface area contributed by atoms with Gasteiger partial charge in [0.25, 0.3) is 0 Å². The number of amides is 4. The molecule has 2 saturated heterocycles. The van der Waals surface area contributed by atoms with Gasteiger partial charge in [0, 0.05) is 40.9 Å². The summed E-state index contributed by atoms with van der Waals surface area (Å²) in [5, 5.41) is 27.6. The van der Waals surface area contributed by atoms with Crippen molar-refractivity contribution >= 4 is 62.5 Å². The Hall–Kier alpha value is -5.46. The molecule has 11 nitrogen and oxygen atoms in total. The van der Waals surface area contributed by atoms with E-state index in [2.05, 4.69) is 0 Å². The number of aromatic hydroxyl groups is 2. The van der Waals surface area contributed by atoms with Crippen LogP contribution in [0.1, 0.15) is 42.4 Å². The van der Waals surface area contributed by atoms with E-state index in [-0.39, 0.29) is 42.7 Å². The Bertz CT molecular complexity index is 2540. The second-order valence-electron chi connectivity index (χ2n) is 15.5.